The van der Waals surface area contributed by atoms with Gasteiger partial charge < -0.3 is 10.1 Å². The zero-order valence-corrected chi connectivity index (χ0v) is 5.16. The molecule has 0 unspecified atom stereocenters. The maximum Gasteiger partial charge on any atom is 0.293 e. The van der Waals surface area contributed by atoms with E-state index in [2.05, 4.69) is 10.1 Å². The van der Waals surface area contributed by atoms with E-state index in [1.54, 1.807) is 6.92 Å². The second kappa shape index (κ2) is 5.08. The zero-order chi connectivity index (χ0) is 7.11. The van der Waals surface area contributed by atoms with Crippen LogP contribution in [0.15, 0.2) is 0 Å². The molecule has 0 aromatic heterocycles. The van der Waals surface area contributed by atoms with E-state index < -0.39 is 0 Å². The first-order valence-corrected chi connectivity index (χ1v) is 2.57. The van der Waals surface area contributed by atoms with Crippen LogP contribution >= 0.6 is 0 Å². The third kappa shape index (κ3) is 4.80. The van der Waals surface area contributed by atoms with Crippen LogP contribution in [0.25, 0.3) is 0 Å². The van der Waals surface area contributed by atoms with Crippen molar-refractivity contribution in [2.75, 3.05) is 6.54 Å². The molecule has 0 aromatic rings. The van der Waals surface area contributed by atoms with E-state index in [0.29, 0.717) is 19.4 Å². The Kier molecular flexibility index (Phi) is 4.49. The smallest absolute Gasteiger partial charge is 0.293 e. The van der Waals surface area contributed by atoms with Crippen molar-refractivity contribution in [3.63, 3.8) is 0 Å². The molecule has 0 aromatic carbocycles. The average molecular weight is 131 g/mol. The Morgan fingerprint density at radius 2 is 2.33 bits per heavy atom. The summed E-state index contributed by atoms with van der Waals surface area (Å²) in [6, 6.07) is 0. The molecule has 0 aliphatic rings. The van der Waals surface area contributed by atoms with Gasteiger partial charge in [0, 0.05) is 0 Å². The van der Waals surface area contributed by atoms with Gasteiger partial charge in [0.25, 0.3) is 6.47 Å². The summed E-state index contributed by atoms with van der Waals surface area (Å²) in [5, 5.41) is 2.37. The van der Waals surface area contributed by atoms with Gasteiger partial charge in [-0.25, -0.2) is 0 Å². The van der Waals surface area contributed by atoms with Crippen LogP contribution in [0.2, 0.25) is 0 Å². The third-order valence-electron chi connectivity index (χ3n) is 0.777. The lowest BCUT2D eigenvalue weighted by Gasteiger charge is -2.06. The summed E-state index contributed by atoms with van der Waals surface area (Å²) in [7, 11) is 0. The molecule has 0 aliphatic heterocycles. The Bertz CT molecular complexity index is 94.2. The van der Waals surface area contributed by atoms with E-state index >= 15 is 0 Å². The molecule has 0 bridgehead atoms. The van der Waals surface area contributed by atoms with Gasteiger partial charge in [-0.2, -0.15) is 0 Å². The number of nitrogens with one attached hydrogen (secondary N) is 1. The molecule has 1 amide bonds. The summed E-state index contributed by atoms with van der Waals surface area (Å²) >= 11 is 0. The van der Waals surface area contributed by atoms with Crippen LogP contribution in [0, 0.1) is 0 Å². The molecule has 0 saturated carbocycles. The summed E-state index contributed by atoms with van der Waals surface area (Å²) in [6.45, 7) is 2.41. The fraction of sp³-hybridized carbons (Fsp3) is 0.600. The van der Waals surface area contributed by atoms with Crippen LogP contribution in [-0.2, 0) is 14.3 Å². The second-order valence-electron chi connectivity index (χ2n) is 1.57. The highest BCUT2D eigenvalue weighted by Gasteiger charge is 1.97. The Labute approximate surface area is 53.2 Å². The van der Waals surface area contributed by atoms with E-state index in [1.165, 1.54) is 0 Å². The Morgan fingerprint density at radius 3 is 2.78 bits per heavy atom. The predicted octanol–water partition coefficient (Wildman–Crippen LogP) is -0.706. The molecular formula is C5H9NO3. The van der Waals surface area contributed by atoms with Crippen molar-refractivity contribution in [3.8, 4) is 0 Å². The van der Waals surface area contributed by atoms with Crippen LogP contribution in [-0.4, -0.2) is 25.5 Å². The van der Waals surface area contributed by atoms with Crippen molar-refractivity contribution in [1.29, 1.82) is 0 Å². The topological polar surface area (TPSA) is 55.4 Å². The van der Waals surface area contributed by atoms with Gasteiger partial charge in [0.05, 0.1) is 6.54 Å². The summed E-state index contributed by atoms with van der Waals surface area (Å²) < 4.78 is 4.44. The molecular weight excluding hydrogens is 122 g/mol. The van der Waals surface area contributed by atoms with Crippen molar-refractivity contribution < 1.29 is 14.3 Å². The lowest BCUT2D eigenvalue weighted by Crippen LogP contribution is -2.25. The van der Waals surface area contributed by atoms with Crippen LogP contribution in [0.1, 0.15) is 6.92 Å². The number of carbonyl (C=O) groups is 2. The number of ether oxygens (including phenoxy) is 1. The maximum absolute atomic E-state index is 9.66. The highest BCUT2D eigenvalue weighted by atomic mass is 16.5. The molecule has 0 heterocycles. The van der Waals surface area contributed by atoms with Crippen LogP contribution in [0.4, 0.5) is 0 Å². The zero-order valence-electron chi connectivity index (χ0n) is 5.16. The lowest BCUT2D eigenvalue weighted by atomic mass is 10.4. The molecule has 52 valence electrons. The van der Waals surface area contributed by atoms with E-state index in [4.69, 9.17) is 0 Å². The average Bonchev–Trinajstić information content (AvgIpc) is 1.85. The molecule has 0 fully saturated rings. The first-order valence-electron chi connectivity index (χ1n) is 2.57. The highest BCUT2D eigenvalue weighted by molar-refractivity contribution is 5.46. The fourth-order valence-electron chi connectivity index (χ4n) is 0.357. The van der Waals surface area contributed by atoms with E-state index in [9.17, 15) is 9.59 Å². The molecule has 1 N–H and O–H groups in total. The first kappa shape index (κ1) is 7.94. The summed E-state index contributed by atoms with van der Waals surface area (Å²) in [4.78, 5) is 19.3. The fourth-order valence-corrected chi connectivity index (χ4v) is 0.357. The van der Waals surface area contributed by atoms with Gasteiger partial charge in [-0.05, 0) is 6.92 Å². The van der Waals surface area contributed by atoms with Crippen molar-refractivity contribution in [3.05, 3.63) is 0 Å². The van der Waals surface area contributed by atoms with Crippen LogP contribution < -0.4 is 5.32 Å². The van der Waals surface area contributed by atoms with Crippen LogP contribution in [0.5, 0.6) is 0 Å². The normalized spacial score (nSPS) is 11.7. The Morgan fingerprint density at radius 1 is 1.67 bits per heavy atom. The van der Waals surface area contributed by atoms with Gasteiger partial charge in [-0.1, -0.05) is 0 Å². The van der Waals surface area contributed by atoms with Gasteiger partial charge in [0.2, 0.25) is 6.41 Å². The molecule has 4 heteroatoms. The number of hydrogen-bond donors (Lipinski definition) is 1. The van der Waals surface area contributed by atoms with E-state index in [0.717, 1.165) is 0 Å². The molecule has 0 aliphatic carbocycles. The van der Waals surface area contributed by atoms with Crippen molar-refractivity contribution in [2.45, 2.75) is 13.0 Å². The number of hydrogen-bond acceptors (Lipinski definition) is 3. The predicted molar refractivity (Wildman–Crippen MR) is 30.7 cm³/mol. The molecule has 0 rings (SSSR count). The van der Waals surface area contributed by atoms with Gasteiger partial charge in [0.15, 0.2) is 0 Å². The molecule has 4 nitrogen and oxygen atoms in total. The number of carbonyl (C=O) groups excluding carboxylic acids is 2. The summed E-state index contributed by atoms with van der Waals surface area (Å²) in [6.07, 6.45) is 0.317. The summed E-state index contributed by atoms with van der Waals surface area (Å²) in [5.41, 5.74) is 0. The van der Waals surface area contributed by atoms with Gasteiger partial charge in [-0.15, -0.1) is 0 Å². The van der Waals surface area contributed by atoms with Gasteiger partial charge in [-0.3, -0.25) is 9.59 Å². The first-order chi connectivity index (χ1) is 4.31. The lowest BCUT2D eigenvalue weighted by molar-refractivity contribution is -0.133. The van der Waals surface area contributed by atoms with E-state index in [1.807, 2.05) is 0 Å². The van der Waals surface area contributed by atoms with Crippen molar-refractivity contribution in [2.24, 2.45) is 0 Å². The van der Waals surface area contributed by atoms with Crippen molar-refractivity contribution >= 4 is 12.9 Å². The largest absolute Gasteiger partial charge is 0.463 e. The quantitative estimate of drug-likeness (QED) is 0.501. The van der Waals surface area contributed by atoms with Crippen LogP contribution in [0.3, 0.4) is 0 Å². The van der Waals surface area contributed by atoms with Gasteiger partial charge in [0.1, 0.15) is 6.10 Å². The second-order valence-corrected chi connectivity index (χ2v) is 1.57. The maximum atomic E-state index is 9.66. The van der Waals surface area contributed by atoms with Crippen molar-refractivity contribution in [1.82, 2.24) is 5.32 Å². The Balaban J connectivity index is 3.14. The minimum absolute atomic E-state index is 0.243. The number of rotatable bonds is 5. The molecule has 9 heavy (non-hydrogen) atoms. The Hall–Kier alpha value is -1.06. The standard InChI is InChI=1S/C5H9NO3/c1-5(9-4-8)2-6-3-7/h3-5H,2H2,1H3,(H,6,7)/t5-/m1/s1. The van der Waals surface area contributed by atoms with E-state index in [-0.39, 0.29) is 6.10 Å². The summed E-state index contributed by atoms with van der Waals surface area (Å²) in [5.74, 6) is 0. The minimum atomic E-state index is -0.243. The molecule has 0 saturated heterocycles. The molecule has 0 radical (unpaired) electrons. The number of amides is 1. The third-order valence-corrected chi connectivity index (χ3v) is 0.777. The van der Waals surface area contributed by atoms with Gasteiger partial charge >= 0.3 is 0 Å². The monoisotopic (exact) mass is 131 g/mol. The SMILES string of the molecule is C[C@H](CNC=O)OC=O. The highest BCUT2D eigenvalue weighted by Crippen LogP contribution is 1.81. The molecule has 0 spiro atoms. The minimum Gasteiger partial charge on any atom is -0.463 e. The molecule has 1 atom stereocenters.